The molecule has 33 heavy (non-hydrogen) atoms. The molecule has 1 aliphatic heterocycles. The zero-order valence-electron chi connectivity index (χ0n) is 18.1. The Morgan fingerprint density at radius 3 is 2.55 bits per heavy atom. The van der Waals surface area contributed by atoms with Crippen molar-refractivity contribution in [2.24, 2.45) is 0 Å². The van der Waals surface area contributed by atoms with E-state index in [1.54, 1.807) is 24.3 Å². The summed E-state index contributed by atoms with van der Waals surface area (Å²) in [4.78, 5) is 30.3. The van der Waals surface area contributed by atoms with E-state index >= 15 is 0 Å². The highest BCUT2D eigenvalue weighted by Crippen LogP contribution is 2.26. The maximum atomic E-state index is 12.9. The van der Waals surface area contributed by atoms with E-state index in [1.807, 2.05) is 18.2 Å². The molecule has 2 aromatic carbocycles. The first-order chi connectivity index (χ1) is 15.9. The van der Waals surface area contributed by atoms with E-state index in [4.69, 9.17) is 23.2 Å². The van der Waals surface area contributed by atoms with Crippen LogP contribution in [0.5, 0.6) is 0 Å². The van der Waals surface area contributed by atoms with Gasteiger partial charge in [0.15, 0.2) is 0 Å². The van der Waals surface area contributed by atoms with Crippen molar-refractivity contribution in [1.29, 1.82) is 0 Å². The fraction of sp³-hybridized carbons (Fsp3) is 0.261. The number of halogens is 2. The number of carbonyl (C=O) groups excluding carboxylic acids is 2. The van der Waals surface area contributed by atoms with E-state index < -0.39 is 5.91 Å². The number of benzene rings is 2. The molecular formula is C23H24Cl2N6O2. The maximum absolute atomic E-state index is 12.9. The summed E-state index contributed by atoms with van der Waals surface area (Å²) in [5, 5.41) is 12.7. The van der Waals surface area contributed by atoms with Gasteiger partial charge in [-0.05, 0) is 42.9 Å². The summed E-state index contributed by atoms with van der Waals surface area (Å²) in [6, 6.07) is 12.3. The molecule has 10 heteroatoms. The molecule has 8 nitrogen and oxygen atoms in total. The third-order valence-corrected chi connectivity index (χ3v) is 6.05. The molecule has 4 rings (SSSR count). The summed E-state index contributed by atoms with van der Waals surface area (Å²) >= 11 is 12.1. The summed E-state index contributed by atoms with van der Waals surface area (Å²) in [5.41, 5.74) is 2.30. The Labute approximate surface area is 201 Å². The summed E-state index contributed by atoms with van der Waals surface area (Å²) in [6.07, 6.45) is 1.39. The Bertz CT molecular complexity index is 1160. The van der Waals surface area contributed by atoms with Crippen LogP contribution in [0.2, 0.25) is 10.0 Å². The molecule has 0 spiro atoms. The van der Waals surface area contributed by atoms with Crippen LogP contribution < -0.4 is 10.6 Å². The summed E-state index contributed by atoms with van der Waals surface area (Å²) in [6.45, 7) is 4.85. The summed E-state index contributed by atoms with van der Waals surface area (Å²) < 4.78 is 0. The second kappa shape index (κ2) is 10.4. The van der Waals surface area contributed by atoms with E-state index in [0.717, 1.165) is 38.3 Å². The highest BCUT2D eigenvalue weighted by atomic mass is 35.5. The van der Waals surface area contributed by atoms with Crippen molar-refractivity contribution in [1.82, 2.24) is 20.0 Å². The third kappa shape index (κ3) is 5.91. The Morgan fingerprint density at radius 1 is 1.00 bits per heavy atom. The average molecular weight is 487 g/mol. The zero-order valence-corrected chi connectivity index (χ0v) is 19.6. The SMILES string of the molecule is CN1CCN(Cc2cccc(C(=O)Nc3cn[nH]c3C(=O)Nc3cc(Cl)ccc3Cl)c2)CC1. The topological polar surface area (TPSA) is 93.4 Å². The van der Waals surface area contributed by atoms with Gasteiger partial charge in [0.1, 0.15) is 5.69 Å². The number of H-pyrrole nitrogens is 1. The Morgan fingerprint density at radius 2 is 1.76 bits per heavy atom. The zero-order chi connectivity index (χ0) is 23.4. The minimum absolute atomic E-state index is 0.105. The first-order valence-corrected chi connectivity index (χ1v) is 11.3. The molecule has 0 aliphatic carbocycles. The number of amides is 2. The van der Waals surface area contributed by atoms with Crippen molar-refractivity contribution >= 4 is 46.4 Å². The number of anilines is 2. The van der Waals surface area contributed by atoms with Crippen LogP contribution in [0, 0.1) is 0 Å². The van der Waals surface area contributed by atoms with E-state index in [9.17, 15) is 9.59 Å². The molecule has 1 aromatic heterocycles. The lowest BCUT2D eigenvalue weighted by molar-refractivity contribution is 0.102. The lowest BCUT2D eigenvalue weighted by Crippen LogP contribution is -2.43. The first-order valence-electron chi connectivity index (χ1n) is 10.5. The van der Waals surface area contributed by atoms with Crippen LogP contribution >= 0.6 is 23.2 Å². The second-order valence-corrected chi connectivity index (χ2v) is 8.81. The van der Waals surface area contributed by atoms with Crippen LogP contribution in [0.4, 0.5) is 11.4 Å². The highest BCUT2D eigenvalue weighted by Gasteiger charge is 2.19. The van der Waals surface area contributed by atoms with Gasteiger partial charge in [0.05, 0.1) is 22.6 Å². The molecular weight excluding hydrogens is 463 g/mol. The van der Waals surface area contributed by atoms with Gasteiger partial charge < -0.3 is 15.5 Å². The van der Waals surface area contributed by atoms with Crippen LogP contribution in [0.25, 0.3) is 0 Å². The normalized spacial score (nSPS) is 14.8. The fourth-order valence-electron chi connectivity index (χ4n) is 3.60. The van der Waals surface area contributed by atoms with Crippen molar-refractivity contribution in [3.05, 3.63) is 75.5 Å². The van der Waals surface area contributed by atoms with Crippen LogP contribution in [-0.2, 0) is 6.54 Å². The van der Waals surface area contributed by atoms with Crippen LogP contribution in [0.3, 0.4) is 0 Å². The van der Waals surface area contributed by atoms with Gasteiger partial charge in [0.2, 0.25) is 0 Å². The predicted molar refractivity (Wildman–Crippen MR) is 130 cm³/mol. The summed E-state index contributed by atoms with van der Waals surface area (Å²) in [5.74, 6) is -0.831. The molecule has 0 radical (unpaired) electrons. The van der Waals surface area contributed by atoms with Crippen molar-refractivity contribution in [3.8, 4) is 0 Å². The Kier molecular flexibility index (Phi) is 7.29. The monoisotopic (exact) mass is 486 g/mol. The van der Waals surface area contributed by atoms with Gasteiger partial charge in [0.25, 0.3) is 11.8 Å². The summed E-state index contributed by atoms with van der Waals surface area (Å²) in [7, 11) is 2.12. The quantitative estimate of drug-likeness (QED) is 0.490. The predicted octanol–water partition coefficient (Wildman–Crippen LogP) is 3.97. The van der Waals surface area contributed by atoms with Gasteiger partial charge in [-0.15, -0.1) is 0 Å². The molecule has 2 amide bonds. The minimum atomic E-state index is -0.504. The standard InChI is InChI=1S/C23H24Cl2N6O2/c1-30-7-9-31(10-8-30)14-15-3-2-4-16(11-15)22(32)28-20-13-26-29-21(20)23(33)27-19-12-17(24)5-6-18(19)25/h2-6,11-13H,7-10,14H2,1H3,(H,26,29)(H,27,33)(H,28,32). The molecule has 1 saturated heterocycles. The number of aromatic nitrogens is 2. The number of aromatic amines is 1. The van der Waals surface area contributed by atoms with Crippen molar-refractivity contribution in [2.75, 3.05) is 43.9 Å². The second-order valence-electron chi connectivity index (χ2n) is 7.97. The lowest BCUT2D eigenvalue weighted by Gasteiger charge is -2.32. The van der Waals surface area contributed by atoms with E-state index in [2.05, 4.69) is 37.7 Å². The highest BCUT2D eigenvalue weighted by molar-refractivity contribution is 6.36. The molecule has 0 unspecified atom stereocenters. The molecule has 1 aliphatic rings. The van der Waals surface area contributed by atoms with Crippen LogP contribution in [0.15, 0.2) is 48.7 Å². The van der Waals surface area contributed by atoms with Gasteiger partial charge in [-0.2, -0.15) is 5.10 Å². The molecule has 3 aromatic rings. The lowest BCUT2D eigenvalue weighted by atomic mass is 10.1. The fourth-order valence-corrected chi connectivity index (χ4v) is 3.94. The number of likely N-dealkylation sites (N-methyl/N-ethyl adjacent to an activating group) is 1. The molecule has 172 valence electrons. The molecule has 1 fully saturated rings. The number of nitrogens with zero attached hydrogens (tertiary/aromatic N) is 3. The first kappa shape index (κ1) is 23.3. The van der Waals surface area contributed by atoms with Crippen molar-refractivity contribution in [2.45, 2.75) is 6.54 Å². The molecule has 2 heterocycles. The van der Waals surface area contributed by atoms with E-state index in [-0.39, 0.29) is 17.3 Å². The van der Waals surface area contributed by atoms with E-state index in [1.165, 1.54) is 6.20 Å². The Hall–Kier alpha value is -2.91. The maximum Gasteiger partial charge on any atom is 0.275 e. The largest absolute Gasteiger partial charge is 0.319 e. The van der Waals surface area contributed by atoms with Gasteiger partial charge in [-0.1, -0.05) is 35.3 Å². The number of hydrogen-bond donors (Lipinski definition) is 3. The van der Waals surface area contributed by atoms with Crippen molar-refractivity contribution < 1.29 is 9.59 Å². The molecule has 0 saturated carbocycles. The van der Waals surface area contributed by atoms with Gasteiger partial charge >= 0.3 is 0 Å². The number of rotatable bonds is 6. The van der Waals surface area contributed by atoms with Gasteiger partial charge in [-0.25, -0.2) is 0 Å². The minimum Gasteiger partial charge on any atom is -0.319 e. The average Bonchev–Trinajstić information content (AvgIpc) is 3.26. The van der Waals surface area contributed by atoms with Gasteiger partial charge in [0, 0.05) is 43.3 Å². The number of carbonyl (C=O) groups is 2. The number of hydrogen-bond acceptors (Lipinski definition) is 5. The van der Waals surface area contributed by atoms with Crippen molar-refractivity contribution in [3.63, 3.8) is 0 Å². The van der Waals surface area contributed by atoms with Gasteiger partial charge in [-0.3, -0.25) is 19.6 Å². The number of nitrogens with one attached hydrogen (secondary N) is 3. The van der Waals surface area contributed by atoms with Crippen LogP contribution in [0.1, 0.15) is 26.4 Å². The van der Waals surface area contributed by atoms with E-state index in [0.29, 0.717) is 21.3 Å². The molecule has 0 atom stereocenters. The third-order valence-electron chi connectivity index (χ3n) is 5.48. The Balaban J connectivity index is 1.43. The molecule has 0 bridgehead atoms. The number of piperazine rings is 1. The molecule has 3 N–H and O–H groups in total. The smallest absolute Gasteiger partial charge is 0.275 e. The van der Waals surface area contributed by atoms with Crippen LogP contribution in [-0.4, -0.2) is 65.0 Å².